The molecule has 0 aromatic heterocycles. The molecule has 76 heavy (non-hydrogen) atoms. The zero-order valence-electron chi connectivity index (χ0n) is 51.3. The molecule has 8 nitrogen and oxygen atoms in total. The fraction of sp³-hybridized carbons (Fsp3) is 0.866. The number of unbranched alkanes of at least 4 members (excludes halogenated alkanes) is 42. The highest BCUT2D eigenvalue weighted by Gasteiger charge is 2.28. The van der Waals surface area contributed by atoms with Crippen molar-refractivity contribution in [1.82, 2.24) is 5.32 Å². The number of phosphoric acid groups is 1. The zero-order chi connectivity index (χ0) is 55.6. The smallest absolute Gasteiger partial charge is 0.387 e. The van der Waals surface area contributed by atoms with Crippen LogP contribution in [0.5, 0.6) is 0 Å². The molecule has 0 spiro atoms. The predicted molar refractivity (Wildman–Crippen MR) is 332 cm³/mol. The molecule has 3 atom stereocenters. The summed E-state index contributed by atoms with van der Waals surface area (Å²) in [4.78, 5) is 23.4. The number of allylic oxidation sites excluding steroid dienone is 7. The van der Waals surface area contributed by atoms with Gasteiger partial charge in [0, 0.05) is 6.42 Å². The summed E-state index contributed by atoms with van der Waals surface area (Å²) in [6.07, 6.45) is 78.1. The van der Waals surface area contributed by atoms with Crippen LogP contribution in [0, 0.1) is 0 Å². The lowest BCUT2D eigenvalue weighted by Crippen LogP contribution is -2.45. The van der Waals surface area contributed by atoms with Crippen LogP contribution < -0.4 is 5.32 Å². The second-order valence-corrected chi connectivity index (χ2v) is 25.3. The third-order valence-electron chi connectivity index (χ3n) is 15.0. The van der Waals surface area contributed by atoms with Gasteiger partial charge in [-0.05, 0) is 57.8 Å². The first-order chi connectivity index (χ1) is 37.0. The molecule has 0 saturated carbocycles. The number of likely N-dealkylation sites (N-methyl/N-ethyl adjacent to an activating group) is 1. The molecule has 1 amide bonds. The second kappa shape index (κ2) is 58.1. The molecule has 9 heteroatoms. The fourth-order valence-corrected chi connectivity index (χ4v) is 10.6. The van der Waals surface area contributed by atoms with E-state index >= 15 is 0 Å². The van der Waals surface area contributed by atoms with Crippen LogP contribution in [-0.4, -0.2) is 73.4 Å². The highest BCUT2D eigenvalue weighted by atomic mass is 31.2. The summed E-state index contributed by atoms with van der Waals surface area (Å²) in [5, 5.41) is 14.0. The number of nitrogens with zero attached hydrogens (tertiary/aromatic N) is 1. The minimum Gasteiger partial charge on any atom is -0.387 e. The van der Waals surface area contributed by atoms with Gasteiger partial charge < -0.3 is 19.8 Å². The number of nitrogens with one attached hydrogen (secondary N) is 1. The molecule has 0 radical (unpaired) electrons. The summed E-state index contributed by atoms with van der Waals surface area (Å²) in [6, 6.07) is -0.854. The van der Waals surface area contributed by atoms with E-state index in [1.807, 2.05) is 27.2 Å². The van der Waals surface area contributed by atoms with Gasteiger partial charge >= 0.3 is 7.82 Å². The number of carbonyl (C=O) groups is 1. The summed E-state index contributed by atoms with van der Waals surface area (Å²) in [5.74, 6) is -0.181. The highest BCUT2D eigenvalue weighted by molar-refractivity contribution is 7.47. The van der Waals surface area contributed by atoms with Crippen LogP contribution in [0.4, 0.5) is 0 Å². The van der Waals surface area contributed by atoms with Crippen LogP contribution in [0.1, 0.15) is 322 Å². The number of phosphoric ester groups is 1. The van der Waals surface area contributed by atoms with Crippen molar-refractivity contribution in [2.75, 3.05) is 40.9 Å². The molecule has 0 aromatic carbocycles. The topological polar surface area (TPSA) is 105 Å². The molecule has 0 heterocycles. The number of hydrogen-bond donors (Lipinski definition) is 3. The molecular weight excluding hydrogens is 960 g/mol. The molecular formula is C67H130N2O6P+. The predicted octanol–water partition coefficient (Wildman–Crippen LogP) is 20.7. The van der Waals surface area contributed by atoms with E-state index in [4.69, 9.17) is 9.05 Å². The SMILES string of the molecule is CCCCCCC/C=C\C/C=C\C/C=C\CCCCCCCCCCC(=O)NC(COP(=O)(O)OCC[N+](C)(C)C)C(O)/C=C/CCCCCCCCCCCCCCCCCCCCCCCCCCCCCCC. The zero-order valence-corrected chi connectivity index (χ0v) is 52.2. The third kappa shape index (κ3) is 60.1. The van der Waals surface area contributed by atoms with Gasteiger partial charge in [0.15, 0.2) is 0 Å². The Morgan fingerprint density at radius 1 is 0.447 bits per heavy atom. The molecule has 0 saturated heterocycles. The average molecular weight is 1090 g/mol. The van der Waals surface area contributed by atoms with E-state index in [1.165, 1.54) is 244 Å². The van der Waals surface area contributed by atoms with Crippen LogP contribution in [0.3, 0.4) is 0 Å². The molecule has 0 rings (SSSR count). The van der Waals surface area contributed by atoms with Gasteiger partial charge in [-0.25, -0.2) is 4.57 Å². The van der Waals surface area contributed by atoms with Crippen molar-refractivity contribution in [2.45, 2.75) is 334 Å². The van der Waals surface area contributed by atoms with E-state index in [9.17, 15) is 19.4 Å². The Balaban J connectivity index is 4.11. The van der Waals surface area contributed by atoms with Crippen LogP contribution in [0.25, 0.3) is 0 Å². The Labute approximate surface area is 473 Å². The Kier molecular flexibility index (Phi) is 56.9. The van der Waals surface area contributed by atoms with E-state index in [-0.39, 0.29) is 19.1 Å². The van der Waals surface area contributed by atoms with E-state index < -0.39 is 20.0 Å². The van der Waals surface area contributed by atoms with E-state index in [2.05, 4.69) is 55.6 Å². The van der Waals surface area contributed by atoms with Gasteiger partial charge in [0.05, 0.1) is 39.9 Å². The molecule has 0 fully saturated rings. The van der Waals surface area contributed by atoms with E-state index in [0.717, 1.165) is 57.8 Å². The Morgan fingerprint density at radius 2 is 0.750 bits per heavy atom. The quantitative estimate of drug-likeness (QED) is 0.0243. The third-order valence-corrected chi connectivity index (χ3v) is 16.0. The Morgan fingerprint density at radius 3 is 1.09 bits per heavy atom. The summed E-state index contributed by atoms with van der Waals surface area (Å²) in [7, 11) is 1.57. The lowest BCUT2D eigenvalue weighted by atomic mass is 10.0. The number of amides is 1. The van der Waals surface area contributed by atoms with Crippen molar-refractivity contribution in [3.8, 4) is 0 Å². The maximum Gasteiger partial charge on any atom is 0.472 e. The fourth-order valence-electron chi connectivity index (χ4n) is 9.88. The molecule has 3 N–H and O–H groups in total. The summed E-state index contributed by atoms with van der Waals surface area (Å²) in [5.41, 5.74) is 0. The summed E-state index contributed by atoms with van der Waals surface area (Å²) in [6.45, 7) is 4.84. The molecule has 0 aromatic rings. The normalized spacial score (nSPS) is 14.0. The molecule has 0 aliphatic carbocycles. The van der Waals surface area contributed by atoms with E-state index in [1.54, 1.807) is 6.08 Å². The number of carbonyl (C=O) groups excluding carboxylic acids is 1. The molecule has 0 aliphatic heterocycles. The standard InChI is InChI=1S/C67H129N2O6P/c1-6-8-10-12-14-16-18-20-22-24-26-28-30-31-32-33-34-35-36-37-39-40-42-44-46-48-50-52-54-56-58-60-66(70)65(64-75-76(72,73)74-63-62-69(3,4)5)68-67(71)61-59-57-55-53-51-49-47-45-43-41-38-29-27-25-23-21-19-17-15-13-11-9-7-2/h19,21,25,27,38,41,58,60,65-66,70H,6-18,20,22-24,26,28-37,39-40,42-57,59,61-64H2,1-5H3,(H-,68,71,72,73)/p+1/b21-19-,27-25-,41-38-,60-58+. The van der Waals surface area contributed by atoms with Gasteiger partial charge in [-0.2, -0.15) is 0 Å². The lowest BCUT2D eigenvalue weighted by Gasteiger charge is -2.25. The van der Waals surface area contributed by atoms with Crippen molar-refractivity contribution in [2.24, 2.45) is 0 Å². The first-order valence-electron chi connectivity index (χ1n) is 33.0. The lowest BCUT2D eigenvalue weighted by molar-refractivity contribution is -0.870. The van der Waals surface area contributed by atoms with Crippen LogP contribution in [0.15, 0.2) is 48.6 Å². The molecule has 0 aliphatic rings. The average Bonchev–Trinajstić information content (AvgIpc) is 3.38. The van der Waals surface area contributed by atoms with Gasteiger partial charge in [-0.15, -0.1) is 0 Å². The number of aliphatic hydroxyl groups is 1. The van der Waals surface area contributed by atoms with Gasteiger partial charge in [0.2, 0.25) is 5.91 Å². The van der Waals surface area contributed by atoms with Crippen molar-refractivity contribution in [3.63, 3.8) is 0 Å². The number of quaternary nitrogens is 1. The molecule has 448 valence electrons. The first-order valence-corrected chi connectivity index (χ1v) is 34.5. The van der Waals surface area contributed by atoms with Crippen molar-refractivity contribution < 1.29 is 32.9 Å². The minimum atomic E-state index is -4.36. The first kappa shape index (κ1) is 74.5. The molecule has 3 unspecified atom stereocenters. The summed E-state index contributed by atoms with van der Waals surface area (Å²) >= 11 is 0. The number of rotatable bonds is 61. The van der Waals surface area contributed by atoms with E-state index in [0.29, 0.717) is 17.4 Å². The minimum absolute atomic E-state index is 0.0593. The monoisotopic (exact) mass is 1090 g/mol. The molecule has 0 bridgehead atoms. The highest BCUT2D eigenvalue weighted by Crippen LogP contribution is 2.43. The Hall–Kier alpha value is -1.54. The largest absolute Gasteiger partial charge is 0.472 e. The van der Waals surface area contributed by atoms with Gasteiger partial charge in [-0.1, -0.05) is 306 Å². The van der Waals surface area contributed by atoms with Gasteiger partial charge in [-0.3, -0.25) is 13.8 Å². The summed E-state index contributed by atoms with van der Waals surface area (Å²) < 4.78 is 23.8. The van der Waals surface area contributed by atoms with Crippen molar-refractivity contribution in [1.29, 1.82) is 0 Å². The van der Waals surface area contributed by atoms with Crippen LogP contribution in [0.2, 0.25) is 0 Å². The van der Waals surface area contributed by atoms with Crippen LogP contribution in [-0.2, 0) is 18.4 Å². The maximum absolute atomic E-state index is 13.0. The number of aliphatic hydroxyl groups excluding tert-OH is 1. The Bertz CT molecular complexity index is 1380. The van der Waals surface area contributed by atoms with Crippen LogP contribution >= 0.6 is 7.82 Å². The van der Waals surface area contributed by atoms with Crippen molar-refractivity contribution in [3.05, 3.63) is 48.6 Å². The van der Waals surface area contributed by atoms with Gasteiger partial charge in [0.1, 0.15) is 13.2 Å². The van der Waals surface area contributed by atoms with Gasteiger partial charge in [0.25, 0.3) is 0 Å². The van der Waals surface area contributed by atoms with Crippen molar-refractivity contribution >= 4 is 13.7 Å². The number of hydrogen-bond acceptors (Lipinski definition) is 5. The second-order valence-electron chi connectivity index (χ2n) is 23.8. The maximum atomic E-state index is 13.0.